The third-order valence-electron chi connectivity index (χ3n) is 5.82. The molecule has 4 rings (SSSR count). The van der Waals surface area contributed by atoms with Crippen molar-refractivity contribution in [3.8, 4) is 10.6 Å². The summed E-state index contributed by atoms with van der Waals surface area (Å²) >= 11 is 1.09. The molecular formula is C23H24FN5O3S. The molecule has 10 heteroatoms. The molecule has 1 amide bonds. The van der Waals surface area contributed by atoms with Gasteiger partial charge in [-0.15, -0.1) is 0 Å². The van der Waals surface area contributed by atoms with Crippen molar-refractivity contribution in [3.05, 3.63) is 75.9 Å². The number of halogens is 1. The normalized spacial score (nSPS) is 14.8. The maximum Gasteiger partial charge on any atom is 0.290 e. The van der Waals surface area contributed by atoms with Crippen molar-refractivity contribution in [1.29, 1.82) is 0 Å². The van der Waals surface area contributed by atoms with E-state index in [9.17, 15) is 19.3 Å². The van der Waals surface area contributed by atoms with E-state index in [4.69, 9.17) is 0 Å². The van der Waals surface area contributed by atoms with E-state index < -0.39 is 4.92 Å². The minimum Gasteiger partial charge on any atom is -0.349 e. The number of hydrogen-bond donors (Lipinski definition) is 1. The fraction of sp³-hybridized carbons (Fsp3) is 0.348. The van der Waals surface area contributed by atoms with Crippen molar-refractivity contribution in [2.24, 2.45) is 5.92 Å². The van der Waals surface area contributed by atoms with Crippen LogP contribution in [0.4, 0.5) is 10.1 Å². The van der Waals surface area contributed by atoms with Gasteiger partial charge >= 0.3 is 0 Å². The Morgan fingerprint density at radius 1 is 1.15 bits per heavy atom. The molecule has 1 N–H and O–H groups in total. The van der Waals surface area contributed by atoms with Gasteiger partial charge in [-0.25, -0.2) is 9.37 Å². The number of non-ortho nitro benzene ring substituents is 1. The van der Waals surface area contributed by atoms with Crippen LogP contribution in [0.5, 0.6) is 0 Å². The van der Waals surface area contributed by atoms with Crippen molar-refractivity contribution in [2.45, 2.75) is 25.8 Å². The highest BCUT2D eigenvalue weighted by Crippen LogP contribution is 2.24. The zero-order valence-corrected chi connectivity index (χ0v) is 18.8. The van der Waals surface area contributed by atoms with Crippen molar-refractivity contribution in [3.63, 3.8) is 0 Å². The number of aromatic nitrogens is 2. The van der Waals surface area contributed by atoms with Gasteiger partial charge in [0.05, 0.1) is 4.92 Å². The molecule has 0 saturated carbocycles. The van der Waals surface area contributed by atoms with Crippen molar-refractivity contribution >= 4 is 23.1 Å². The van der Waals surface area contributed by atoms with Crippen LogP contribution in [0.1, 0.15) is 35.4 Å². The molecule has 0 spiro atoms. The van der Waals surface area contributed by atoms with Crippen LogP contribution >= 0.6 is 11.5 Å². The van der Waals surface area contributed by atoms with Crippen LogP contribution in [-0.4, -0.2) is 44.7 Å². The second-order valence-corrected chi connectivity index (χ2v) is 8.87. The summed E-state index contributed by atoms with van der Waals surface area (Å²) in [4.78, 5) is 29.4. The van der Waals surface area contributed by atoms with Gasteiger partial charge in [-0.05, 0) is 79.6 Å². The van der Waals surface area contributed by atoms with E-state index in [-0.39, 0.29) is 23.2 Å². The van der Waals surface area contributed by atoms with Crippen molar-refractivity contribution in [1.82, 2.24) is 19.6 Å². The highest BCUT2D eigenvalue weighted by molar-refractivity contribution is 7.09. The number of nitrogens with one attached hydrogen (secondary N) is 1. The largest absolute Gasteiger partial charge is 0.349 e. The van der Waals surface area contributed by atoms with E-state index in [0.29, 0.717) is 23.0 Å². The van der Waals surface area contributed by atoms with E-state index in [0.717, 1.165) is 56.0 Å². The molecule has 1 fully saturated rings. The summed E-state index contributed by atoms with van der Waals surface area (Å²) in [7, 11) is 0. The lowest BCUT2D eigenvalue weighted by Gasteiger charge is -2.32. The lowest BCUT2D eigenvalue weighted by molar-refractivity contribution is -0.384. The number of amides is 1. The number of carbonyl (C=O) groups is 1. The van der Waals surface area contributed by atoms with E-state index in [1.165, 1.54) is 24.3 Å². The molecule has 1 aromatic heterocycles. The smallest absolute Gasteiger partial charge is 0.290 e. The number of hydrogen-bond acceptors (Lipinski definition) is 7. The molecule has 8 nitrogen and oxygen atoms in total. The van der Waals surface area contributed by atoms with Crippen LogP contribution in [0.25, 0.3) is 10.6 Å². The topological polar surface area (TPSA) is 101 Å². The summed E-state index contributed by atoms with van der Waals surface area (Å²) in [5.74, 6) is 0.138. The Labute approximate surface area is 194 Å². The average molecular weight is 470 g/mol. The van der Waals surface area contributed by atoms with Crippen LogP contribution < -0.4 is 5.32 Å². The first-order chi connectivity index (χ1) is 16.0. The molecule has 33 heavy (non-hydrogen) atoms. The summed E-state index contributed by atoms with van der Waals surface area (Å²) in [5, 5.41) is 14.2. The zero-order chi connectivity index (χ0) is 23.2. The standard InChI is InChI=1S/C23H24FN5O3S/c24-19-5-1-17(2-6-19)15-28-13-10-16(11-14-28)9-12-25-22(30)21-26-23(33-27-21)18-3-7-20(8-4-18)29(31)32/h1-8,16H,9-15H2,(H,25,30). The van der Waals surface area contributed by atoms with Gasteiger partial charge in [0, 0.05) is 30.8 Å². The highest BCUT2D eigenvalue weighted by atomic mass is 32.1. The number of benzene rings is 2. The molecule has 0 unspecified atom stereocenters. The number of carbonyl (C=O) groups excluding carboxylic acids is 1. The number of rotatable bonds is 8. The van der Waals surface area contributed by atoms with Gasteiger partial charge < -0.3 is 5.32 Å². The second kappa shape index (κ2) is 10.6. The number of likely N-dealkylation sites (tertiary alicyclic amines) is 1. The van der Waals surface area contributed by atoms with Gasteiger partial charge in [-0.2, -0.15) is 4.37 Å². The quantitative estimate of drug-likeness (QED) is 0.390. The number of piperidine rings is 1. The minimum absolute atomic E-state index is 0.00233. The molecule has 0 radical (unpaired) electrons. The Bertz CT molecular complexity index is 1100. The SMILES string of the molecule is O=C(NCCC1CCN(Cc2ccc(F)cc2)CC1)c1nsc(-c2ccc([N+](=O)[O-])cc2)n1. The van der Waals surface area contributed by atoms with E-state index in [2.05, 4.69) is 19.6 Å². The molecule has 0 aliphatic carbocycles. The molecule has 1 saturated heterocycles. The minimum atomic E-state index is -0.460. The molecule has 172 valence electrons. The predicted octanol–water partition coefficient (Wildman–Crippen LogP) is 4.28. The molecule has 3 aromatic rings. The van der Waals surface area contributed by atoms with E-state index in [1.807, 2.05) is 12.1 Å². The molecule has 2 heterocycles. The Hall–Kier alpha value is -3.24. The fourth-order valence-corrected chi connectivity index (χ4v) is 4.57. The monoisotopic (exact) mass is 469 g/mol. The molecular weight excluding hydrogens is 445 g/mol. The van der Waals surface area contributed by atoms with Crippen LogP contribution in [0.2, 0.25) is 0 Å². The molecule has 1 aliphatic rings. The van der Waals surface area contributed by atoms with Crippen LogP contribution in [-0.2, 0) is 6.54 Å². The first-order valence-corrected chi connectivity index (χ1v) is 11.6. The van der Waals surface area contributed by atoms with E-state index in [1.54, 1.807) is 12.1 Å². The summed E-state index contributed by atoms with van der Waals surface area (Å²) in [6.07, 6.45) is 3.03. The van der Waals surface area contributed by atoms with Crippen LogP contribution in [0.15, 0.2) is 48.5 Å². The van der Waals surface area contributed by atoms with E-state index >= 15 is 0 Å². The maximum absolute atomic E-state index is 13.0. The summed E-state index contributed by atoms with van der Waals surface area (Å²) in [5.41, 5.74) is 1.80. The van der Waals surface area contributed by atoms with Crippen LogP contribution in [0, 0.1) is 21.8 Å². The number of nitro groups is 1. The lowest BCUT2D eigenvalue weighted by Crippen LogP contribution is -2.35. The summed E-state index contributed by atoms with van der Waals surface area (Å²) < 4.78 is 17.2. The lowest BCUT2D eigenvalue weighted by atomic mass is 9.93. The van der Waals surface area contributed by atoms with Gasteiger partial charge in [0.2, 0.25) is 5.82 Å². The first-order valence-electron chi connectivity index (χ1n) is 10.8. The van der Waals surface area contributed by atoms with Gasteiger partial charge in [0.15, 0.2) is 0 Å². The Kier molecular flexibility index (Phi) is 7.36. The molecule has 2 aromatic carbocycles. The Morgan fingerprint density at radius 3 is 2.52 bits per heavy atom. The summed E-state index contributed by atoms with van der Waals surface area (Å²) in [6.45, 7) is 3.37. The van der Waals surface area contributed by atoms with Gasteiger partial charge in [-0.3, -0.25) is 19.8 Å². The first kappa shape index (κ1) is 22.9. The molecule has 1 aliphatic heterocycles. The van der Waals surface area contributed by atoms with Gasteiger partial charge in [0.1, 0.15) is 10.8 Å². The fourth-order valence-electron chi connectivity index (χ4n) is 3.91. The Morgan fingerprint density at radius 2 is 1.85 bits per heavy atom. The number of nitrogens with zero attached hydrogens (tertiary/aromatic N) is 4. The number of nitro benzene ring substituents is 1. The molecule has 0 atom stereocenters. The van der Waals surface area contributed by atoms with Crippen molar-refractivity contribution < 1.29 is 14.1 Å². The molecule has 0 bridgehead atoms. The van der Waals surface area contributed by atoms with Gasteiger partial charge in [-0.1, -0.05) is 12.1 Å². The highest BCUT2D eigenvalue weighted by Gasteiger charge is 2.20. The van der Waals surface area contributed by atoms with Crippen LogP contribution in [0.3, 0.4) is 0 Å². The third-order valence-corrected chi connectivity index (χ3v) is 6.58. The third kappa shape index (κ3) is 6.17. The average Bonchev–Trinajstić information content (AvgIpc) is 3.32. The van der Waals surface area contributed by atoms with Gasteiger partial charge in [0.25, 0.3) is 11.6 Å². The second-order valence-electron chi connectivity index (χ2n) is 8.12. The predicted molar refractivity (Wildman–Crippen MR) is 123 cm³/mol. The van der Waals surface area contributed by atoms with Crippen molar-refractivity contribution in [2.75, 3.05) is 19.6 Å². The zero-order valence-electron chi connectivity index (χ0n) is 17.9. The summed E-state index contributed by atoms with van der Waals surface area (Å²) in [6, 6.07) is 12.7. The maximum atomic E-state index is 13.0. The Balaban J connectivity index is 1.19.